The summed E-state index contributed by atoms with van der Waals surface area (Å²) < 4.78 is 60.8. The fourth-order valence-corrected chi connectivity index (χ4v) is 4.32. The lowest BCUT2D eigenvalue weighted by Gasteiger charge is -2.23. The molecule has 144 valence electrons. The van der Waals surface area contributed by atoms with Crippen LogP contribution in [0, 0.1) is 11.8 Å². The maximum absolute atomic E-state index is 10.7. The molecule has 1 rings (SSSR count). The van der Waals surface area contributed by atoms with Crippen molar-refractivity contribution in [2.45, 2.75) is 0 Å². The van der Waals surface area contributed by atoms with Crippen LogP contribution in [0.25, 0.3) is 0 Å². The largest absolute Gasteiger partial charge is 0.544 e. The monoisotopic (exact) mass is 390 g/mol. The minimum absolute atomic E-state index is 0.0694. The van der Waals surface area contributed by atoms with Crippen LogP contribution in [-0.4, -0.2) is 101 Å². The van der Waals surface area contributed by atoms with E-state index in [1.54, 1.807) is 33.1 Å². The fourth-order valence-electron chi connectivity index (χ4n) is 2.48. The molecule has 12 heteroatoms. The molecule has 10 nitrogen and oxygen atoms in total. The number of carbonyl (C=O) groups excluding carboxylic acids is 1. The van der Waals surface area contributed by atoms with Gasteiger partial charge in [0.15, 0.2) is 0 Å². The Balaban J connectivity index is 0.000000561. The van der Waals surface area contributed by atoms with Crippen molar-refractivity contribution >= 4 is 26.2 Å². The second-order valence-electron chi connectivity index (χ2n) is 7.06. The molecule has 2 N–H and O–H groups in total. The number of hydrogen-bond donors (Lipinski definition) is 2. The molecule has 1 aliphatic heterocycles. The third-order valence-electron chi connectivity index (χ3n) is 3.21. The first-order valence-corrected chi connectivity index (χ1v) is 10.3. The van der Waals surface area contributed by atoms with E-state index < -0.39 is 49.5 Å². The Hall–Kier alpha value is -0.790. The van der Waals surface area contributed by atoms with Crippen LogP contribution in [0.5, 0.6) is 0 Å². The molecule has 1 heterocycles. The molecule has 0 bridgehead atoms. The second kappa shape index (κ2) is 8.54. The van der Waals surface area contributed by atoms with Gasteiger partial charge in [0.05, 0.1) is 38.6 Å². The molecule has 0 spiro atoms. The molecule has 1 fully saturated rings. The van der Waals surface area contributed by atoms with Crippen molar-refractivity contribution in [1.29, 1.82) is 0 Å². The first-order valence-electron chi connectivity index (χ1n) is 7.07. The van der Waals surface area contributed by atoms with Crippen LogP contribution in [0.3, 0.4) is 0 Å². The average Bonchev–Trinajstić information content (AvgIpc) is 2.49. The van der Waals surface area contributed by atoms with Gasteiger partial charge in [0.25, 0.3) is 20.2 Å². The molecule has 2 unspecified atom stereocenters. The summed E-state index contributed by atoms with van der Waals surface area (Å²) in [6.45, 7) is 0.847. The van der Waals surface area contributed by atoms with Crippen LogP contribution >= 0.6 is 0 Å². The lowest BCUT2D eigenvalue weighted by Crippen LogP contribution is -2.45. The van der Waals surface area contributed by atoms with Gasteiger partial charge in [0.2, 0.25) is 0 Å². The highest BCUT2D eigenvalue weighted by Crippen LogP contribution is 2.24. The van der Waals surface area contributed by atoms with Crippen LogP contribution < -0.4 is 5.11 Å². The highest BCUT2D eigenvalue weighted by Gasteiger charge is 2.36. The number of aliphatic carboxylic acids is 1. The number of nitrogens with zero attached hydrogens (tertiary/aromatic N) is 2. The third kappa shape index (κ3) is 12.6. The van der Waals surface area contributed by atoms with Gasteiger partial charge in [0.1, 0.15) is 6.54 Å². The van der Waals surface area contributed by atoms with Gasteiger partial charge in [0, 0.05) is 13.1 Å². The quantitative estimate of drug-likeness (QED) is 0.367. The van der Waals surface area contributed by atoms with Gasteiger partial charge in [-0.25, -0.2) is 0 Å². The third-order valence-corrected chi connectivity index (χ3v) is 4.91. The summed E-state index contributed by atoms with van der Waals surface area (Å²) >= 11 is 0. The summed E-state index contributed by atoms with van der Waals surface area (Å²) in [5.74, 6) is -2.89. The number of likely N-dealkylation sites (tertiary alicyclic amines) is 1. The molecule has 0 aliphatic carbocycles. The van der Waals surface area contributed by atoms with Crippen molar-refractivity contribution in [3.8, 4) is 0 Å². The van der Waals surface area contributed by atoms with Crippen LogP contribution in [0.1, 0.15) is 0 Å². The average molecular weight is 390 g/mol. The molecule has 2 atom stereocenters. The van der Waals surface area contributed by atoms with Crippen molar-refractivity contribution in [2.24, 2.45) is 11.8 Å². The van der Waals surface area contributed by atoms with E-state index in [2.05, 4.69) is 0 Å². The van der Waals surface area contributed by atoms with Gasteiger partial charge in [-0.1, -0.05) is 0 Å². The van der Waals surface area contributed by atoms with Crippen molar-refractivity contribution < 1.29 is 40.3 Å². The molecular formula is C12H26N2O8S2. The van der Waals surface area contributed by atoms with Crippen LogP contribution in [0.4, 0.5) is 0 Å². The SMILES string of the molecule is CN1CC(CS(=O)(=O)O)C(CS(=O)(=O)O)C1.C[N+](C)(C)CC(=O)[O-]. The topological polar surface area (TPSA) is 152 Å². The number of carbonyl (C=O) groups is 1. The summed E-state index contributed by atoms with van der Waals surface area (Å²) in [5, 5.41) is 9.89. The van der Waals surface area contributed by atoms with Crippen LogP contribution in [-0.2, 0) is 25.0 Å². The fraction of sp³-hybridized carbons (Fsp3) is 0.917. The molecule has 1 saturated heterocycles. The van der Waals surface area contributed by atoms with E-state index in [4.69, 9.17) is 9.11 Å². The number of quaternary nitrogens is 1. The number of carboxylic acid groups (broad SMARTS) is 1. The molecule has 0 radical (unpaired) electrons. The number of hydrogen-bond acceptors (Lipinski definition) is 7. The first-order chi connectivity index (χ1) is 10.5. The van der Waals surface area contributed by atoms with Gasteiger partial charge < -0.3 is 19.3 Å². The van der Waals surface area contributed by atoms with Crippen LogP contribution in [0.2, 0.25) is 0 Å². The predicted octanol–water partition coefficient (Wildman–Crippen LogP) is -2.62. The van der Waals surface area contributed by atoms with E-state index >= 15 is 0 Å². The summed E-state index contributed by atoms with van der Waals surface area (Å²) in [5.41, 5.74) is 0. The van der Waals surface area contributed by atoms with Crippen LogP contribution in [0.15, 0.2) is 0 Å². The second-order valence-corrected chi connectivity index (χ2v) is 10.1. The maximum Gasteiger partial charge on any atom is 0.265 e. The standard InChI is InChI=1S/C7H15NO6S2.C5H11NO2/c1-8-2-6(4-15(9,10)11)7(3-8)5-16(12,13)14;1-6(2,3)4-5(7)8/h6-7H,2-5H2,1H3,(H,9,10,11)(H,12,13,14);4H2,1-3H3. The Labute approximate surface area is 143 Å². The molecule has 24 heavy (non-hydrogen) atoms. The van der Waals surface area contributed by atoms with E-state index in [1.165, 1.54) is 0 Å². The van der Waals surface area contributed by atoms with E-state index in [0.29, 0.717) is 17.6 Å². The van der Waals surface area contributed by atoms with Crippen molar-refractivity contribution in [2.75, 3.05) is 59.3 Å². The minimum Gasteiger partial charge on any atom is -0.544 e. The highest BCUT2D eigenvalue weighted by atomic mass is 32.2. The number of carboxylic acids is 1. The van der Waals surface area contributed by atoms with Crippen molar-refractivity contribution in [3.05, 3.63) is 0 Å². The van der Waals surface area contributed by atoms with E-state index in [1.807, 2.05) is 0 Å². The van der Waals surface area contributed by atoms with E-state index in [0.717, 1.165) is 0 Å². The maximum atomic E-state index is 10.7. The highest BCUT2D eigenvalue weighted by molar-refractivity contribution is 7.86. The number of likely N-dealkylation sites (N-methyl/N-ethyl adjacent to an activating group) is 1. The van der Waals surface area contributed by atoms with E-state index in [-0.39, 0.29) is 6.54 Å². The van der Waals surface area contributed by atoms with E-state index in [9.17, 15) is 26.7 Å². The zero-order valence-electron chi connectivity index (χ0n) is 14.2. The zero-order chi connectivity index (χ0) is 19.3. The molecule has 0 amide bonds. The van der Waals surface area contributed by atoms with Gasteiger partial charge in [-0.2, -0.15) is 16.8 Å². The molecule has 0 aromatic heterocycles. The zero-order valence-corrected chi connectivity index (χ0v) is 15.9. The molecule has 1 aliphatic rings. The predicted molar refractivity (Wildman–Crippen MR) is 85.2 cm³/mol. The Kier molecular flexibility index (Phi) is 8.26. The van der Waals surface area contributed by atoms with Gasteiger partial charge >= 0.3 is 0 Å². The van der Waals surface area contributed by atoms with Crippen molar-refractivity contribution in [3.63, 3.8) is 0 Å². The lowest BCUT2D eigenvalue weighted by atomic mass is 10.0. The number of rotatable bonds is 6. The normalized spacial score (nSPS) is 22.8. The Morgan fingerprint density at radius 1 is 1.04 bits per heavy atom. The van der Waals surface area contributed by atoms with Crippen molar-refractivity contribution in [1.82, 2.24) is 4.90 Å². The molecular weight excluding hydrogens is 364 g/mol. The minimum atomic E-state index is -4.12. The molecule has 0 aromatic rings. The smallest absolute Gasteiger partial charge is 0.265 e. The lowest BCUT2D eigenvalue weighted by molar-refractivity contribution is -0.864. The summed E-state index contributed by atoms with van der Waals surface area (Å²) in [7, 11) is -1.12. The Morgan fingerprint density at radius 2 is 1.38 bits per heavy atom. The summed E-state index contributed by atoms with van der Waals surface area (Å²) in [4.78, 5) is 11.7. The van der Waals surface area contributed by atoms with Gasteiger partial charge in [-0.3, -0.25) is 9.11 Å². The Bertz CT molecular complexity index is 582. The van der Waals surface area contributed by atoms with Gasteiger partial charge in [-0.15, -0.1) is 0 Å². The molecule has 0 saturated carbocycles. The summed E-state index contributed by atoms with van der Waals surface area (Å²) in [6.07, 6.45) is 0. The van der Waals surface area contributed by atoms with Gasteiger partial charge in [-0.05, 0) is 18.9 Å². The first kappa shape index (κ1) is 23.2. The Morgan fingerprint density at radius 3 is 1.54 bits per heavy atom. The molecule has 0 aromatic carbocycles. The summed E-state index contributed by atoms with van der Waals surface area (Å²) in [6, 6.07) is 0.